The summed E-state index contributed by atoms with van der Waals surface area (Å²) in [7, 11) is 1.39. The van der Waals surface area contributed by atoms with Crippen molar-refractivity contribution < 1.29 is 14.3 Å². The summed E-state index contributed by atoms with van der Waals surface area (Å²) in [6.45, 7) is 3.92. The first-order chi connectivity index (χ1) is 8.96. The third-order valence-electron chi connectivity index (χ3n) is 3.73. The number of ether oxygens (including phenoxy) is 1. The van der Waals surface area contributed by atoms with Crippen molar-refractivity contribution in [3.8, 4) is 0 Å². The van der Waals surface area contributed by atoms with Gasteiger partial charge in [-0.15, -0.1) is 0 Å². The van der Waals surface area contributed by atoms with Crippen LogP contribution in [0.3, 0.4) is 0 Å². The topological polar surface area (TPSA) is 61.2 Å². The normalized spacial score (nSPS) is 18.8. The largest absolute Gasteiger partial charge is 0.469 e. The second kappa shape index (κ2) is 5.15. The maximum absolute atomic E-state index is 11.4. The number of aryl methyl sites for hydroxylation is 1. The molecule has 0 radical (unpaired) electrons. The molecule has 1 aliphatic carbocycles. The molecular formula is C14H20N2O3. The highest BCUT2D eigenvalue weighted by Crippen LogP contribution is 2.27. The lowest BCUT2D eigenvalue weighted by Gasteiger charge is -2.23. The maximum Gasteiger partial charge on any atom is 0.307 e. The van der Waals surface area contributed by atoms with Crippen molar-refractivity contribution in [3.63, 3.8) is 0 Å². The van der Waals surface area contributed by atoms with Gasteiger partial charge in [-0.2, -0.15) is 5.10 Å². The first-order valence-electron chi connectivity index (χ1n) is 6.56. The van der Waals surface area contributed by atoms with E-state index in [2.05, 4.69) is 5.10 Å². The van der Waals surface area contributed by atoms with E-state index < -0.39 is 5.54 Å². The quantitative estimate of drug-likeness (QED) is 0.610. The molecule has 0 amide bonds. The Morgan fingerprint density at radius 2 is 2.37 bits per heavy atom. The average molecular weight is 264 g/mol. The molecule has 19 heavy (non-hydrogen) atoms. The van der Waals surface area contributed by atoms with Crippen LogP contribution in [0.4, 0.5) is 0 Å². The first-order valence-corrected chi connectivity index (χ1v) is 6.56. The van der Waals surface area contributed by atoms with E-state index in [1.807, 2.05) is 24.7 Å². The molecule has 0 saturated heterocycles. The van der Waals surface area contributed by atoms with Crippen molar-refractivity contribution >= 4 is 12.3 Å². The highest BCUT2D eigenvalue weighted by molar-refractivity contribution is 5.70. The fourth-order valence-electron chi connectivity index (χ4n) is 2.47. The Bertz CT molecular complexity index is 491. The number of hydrogen-bond donors (Lipinski definition) is 0. The van der Waals surface area contributed by atoms with E-state index in [0.717, 1.165) is 36.8 Å². The Morgan fingerprint density at radius 1 is 1.63 bits per heavy atom. The van der Waals surface area contributed by atoms with E-state index in [9.17, 15) is 9.59 Å². The number of hydrogen-bond acceptors (Lipinski definition) is 4. The van der Waals surface area contributed by atoms with Crippen LogP contribution in [0, 0.1) is 5.92 Å². The van der Waals surface area contributed by atoms with E-state index in [1.54, 1.807) is 0 Å². The summed E-state index contributed by atoms with van der Waals surface area (Å²) in [5.41, 5.74) is 1.76. The molecule has 0 bridgehead atoms. The molecule has 0 aromatic carbocycles. The van der Waals surface area contributed by atoms with Crippen molar-refractivity contribution in [2.24, 2.45) is 5.92 Å². The van der Waals surface area contributed by atoms with Crippen LogP contribution in [0.25, 0.3) is 0 Å². The molecule has 1 unspecified atom stereocenters. The summed E-state index contributed by atoms with van der Waals surface area (Å²) in [6, 6.07) is 0. The van der Waals surface area contributed by atoms with Crippen molar-refractivity contribution in [1.29, 1.82) is 0 Å². The molecular weight excluding hydrogens is 244 g/mol. The molecule has 0 saturated carbocycles. The van der Waals surface area contributed by atoms with E-state index in [1.165, 1.54) is 7.11 Å². The van der Waals surface area contributed by atoms with Crippen molar-refractivity contribution in [2.45, 2.75) is 45.1 Å². The van der Waals surface area contributed by atoms with E-state index >= 15 is 0 Å². The number of aromatic nitrogens is 2. The highest BCUT2D eigenvalue weighted by atomic mass is 16.5. The zero-order chi connectivity index (χ0) is 14.0. The Morgan fingerprint density at radius 3 is 3.00 bits per heavy atom. The van der Waals surface area contributed by atoms with Crippen molar-refractivity contribution in [2.75, 3.05) is 7.11 Å². The molecule has 1 aliphatic rings. The summed E-state index contributed by atoms with van der Waals surface area (Å²) in [4.78, 5) is 22.3. The van der Waals surface area contributed by atoms with Crippen molar-refractivity contribution in [1.82, 2.24) is 9.78 Å². The zero-order valence-corrected chi connectivity index (χ0v) is 11.7. The molecule has 1 heterocycles. The van der Waals surface area contributed by atoms with Crippen LogP contribution in [0.15, 0.2) is 6.20 Å². The van der Waals surface area contributed by atoms with Gasteiger partial charge in [-0.3, -0.25) is 9.48 Å². The number of methoxy groups -OCH3 is 1. The van der Waals surface area contributed by atoms with Gasteiger partial charge < -0.3 is 9.53 Å². The van der Waals surface area contributed by atoms with Crippen LogP contribution in [0.5, 0.6) is 0 Å². The number of esters is 1. The third kappa shape index (κ3) is 2.85. The van der Waals surface area contributed by atoms with Gasteiger partial charge in [0.15, 0.2) is 0 Å². The molecule has 0 aliphatic heterocycles. The highest BCUT2D eigenvalue weighted by Gasteiger charge is 2.29. The van der Waals surface area contributed by atoms with Gasteiger partial charge in [0.05, 0.1) is 24.8 Å². The second-order valence-electron chi connectivity index (χ2n) is 5.75. The number of fused-ring (bicyclic) bond motifs is 1. The summed E-state index contributed by atoms with van der Waals surface area (Å²) in [5.74, 6) is -0.141. The predicted octanol–water partition coefficient (Wildman–Crippen LogP) is 1.49. The molecule has 0 N–H and O–H groups in total. The Labute approximate surface area is 112 Å². The van der Waals surface area contributed by atoms with E-state index in [0.29, 0.717) is 0 Å². The maximum atomic E-state index is 11.4. The smallest absolute Gasteiger partial charge is 0.307 e. The summed E-state index contributed by atoms with van der Waals surface area (Å²) >= 11 is 0. The minimum atomic E-state index is -0.416. The summed E-state index contributed by atoms with van der Waals surface area (Å²) in [6.07, 6.45) is 5.73. The molecule has 1 aromatic rings. The fraction of sp³-hybridized carbons (Fsp3) is 0.643. The van der Waals surface area contributed by atoms with Gasteiger partial charge in [-0.05, 0) is 38.7 Å². The van der Waals surface area contributed by atoms with Gasteiger partial charge in [0.25, 0.3) is 0 Å². The van der Waals surface area contributed by atoms with Gasteiger partial charge in [0, 0.05) is 12.1 Å². The van der Waals surface area contributed by atoms with Crippen molar-refractivity contribution in [3.05, 3.63) is 17.5 Å². The van der Waals surface area contributed by atoms with Crippen LogP contribution in [0.1, 0.15) is 37.9 Å². The van der Waals surface area contributed by atoms with Crippen LogP contribution >= 0.6 is 0 Å². The standard InChI is InChI=1S/C14H20N2O3/c1-14(2,7-13(18)19-3)16-8-11-6-10(9-17)4-5-12(11)15-16/h8-10H,4-7H2,1-3H3. The monoisotopic (exact) mass is 264 g/mol. The number of carbonyl (C=O) groups excluding carboxylic acids is 2. The van der Waals surface area contributed by atoms with Crippen LogP contribution in [-0.4, -0.2) is 29.1 Å². The molecule has 2 rings (SSSR count). The van der Waals surface area contributed by atoms with Gasteiger partial charge >= 0.3 is 5.97 Å². The Hall–Kier alpha value is -1.65. The number of carbonyl (C=O) groups is 2. The lowest BCUT2D eigenvalue weighted by atomic mass is 9.89. The Balaban J connectivity index is 2.20. The molecule has 5 nitrogen and oxygen atoms in total. The molecule has 1 atom stereocenters. The zero-order valence-electron chi connectivity index (χ0n) is 11.7. The Kier molecular flexibility index (Phi) is 3.73. The average Bonchev–Trinajstić information content (AvgIpc) is 2.81. The molecule has 5 heteroatoms. The molecule has 104 valence electrons. The number of rotatable bonds is 4. The van der Waals surface area contributed by atoms with Crippen LogP contribution < -0.4 is 0 Å². The van der Waals surface area contributed by atoms with Crippen LogP contribution in [-0.2, 0) is 32.7 Å². The summed E-state index contributed by atoms with van der Waals surface area (Å²) < 4.78 is 6.55. The molecule has 0 spiro atoms. The van der Waals surface area contributed by atoms with Gasteiger partial charge in [0.1, 0.15) is 6.29 Å². The van der Waals surface area contributed by atoms with E-state index in [4.69, 9.17) is 4.74 Å². The predicted molar refractivity (Wildman–Crippen MR) is 69.8 cm³/mol. The van der Waals surface area contributed by atoms with Gasteiger partial charge in [0.2, 0.25) is 0 Å². The SMILES string of the molecule is COC(=O)CC(C)(C)n1cc2c(n1)CCC(C=O)C2. The molecule has 0 fully saturated rings. The fourth-order valence-corrected chi connectivity index (χ4v) is 2.47. The lowest BCUT2D eigenvalue weighted by Crippen LogP contribution is -2.30. The number of aldehydes is 1. The lowest BCUT2D eigenvalue weighted by molar-refractivity contribution is -0.142. The summed E-state index contributed by atoms with van der Waals surface area (Å²) in [5, 5.41) is 4.57. The minimum Gasteiger partial charge on any atom is -0.469 e. The first kappa shape index (κ1) is 13.8. The minimum absolute atomic E-state index is 0.105. The van der Waals surface area contributed by atoms with Crippen LogP contribution in [0.2, 0.25) is 0 Å². The van der Waals surface area contributed by atoms with E-state index in [-0.39, 0.29) is 18.3 Å². The third-order valence-corrected chi connectivity index (χ3v) is 3.73. The van der Waals surface area contributed by atoms with Gasteiger partial charge in [-0.25, -0.2) is 0 Å². The molecule has 1 aromatic heterocycles. The second-order valence-corrected chi connectivity index (χ2v) is 5.75. The number of nitrogens with zero attached hydrogens (tertiary/aromatic N) is 2. The van der Waals surface area contributed by atoms with Gasteiger partial charge in [-0.1, -0.05) is 0 Å².